The Balaban J connectivity index is 1.68. The quantitative estimate of drug-likeness (QED) is 0.727. The van der Waals surface area contributed by atoms with Crippen molar-refractivity contribution in [2.75, 3.05) is 7.05 Å². The average Bonchev–Trinajstić information content (AvgIpc) is 2.68. The molecule has 3 rings (SSSR count). The van der Waals surface area contributed by atoms with E-state index in [0.29, 0.717) is 13.2 Å². The highest BCUT2D eigenvalue weighted by molar-refractivity contribution is 5.14. The van der Waals surface area contributed by atoms with Crippen molar-refractivity contribution in [2.45, 2.75) is 50.8 Å². The summed E-state index contributed by atoms with van der Waals surface area (Å²) in [6.45, 7) is 2.49. The van der Waals surface area contributed by atoms with Crippen LogP contribution in [0.2, 0.25) is 0 Å². The molecule has 1 aliphatic heterocycles. The number of nitrogens with zero attached hydrogens (tertiary/aromatic N) is 1. The molecule has 0 spiro atoms. The molecule has 0 bridgehead atoms. The largest absolute Gasteiger partial charge is 0.387 e. The molecule has 6 nitrogen and oxygen atoms in total. The summed E-state index contributed by atoms with van der Waals surface area (Å²) in [5.41, 5.74) is 1.99. The van der Waals surface area contributed by atoms with Crippen molar-refractivity contribution in [1.29, 1.82) is 0 Å². The average molecular weight is 373 g/mol. The Bertz CT molecular complexity index is 681. The molecule has 2 aromatic carbocycles. The first-order valence-corrected chi connectivity index (χ1v) is 9.12. The number of likely N-dealkylation sites (N-methyl/N-ethyl adjacent to an activating group) is 1. The standard InChI is InChI=1S/C21H27NO5/c1-15-19(25-13-16-9-5-3-6-10-16)18(23)20(21(27-15)22(2)24)26-14-17-11-7-4-8-12-17/h3-12,15,18-21,23-24H,13-14H2,1-2H3. The van der Waals surface area contributed by atoms with Crippen molar-refractivity contribution in [1.82, 2.24) is 5.06 Å². The molecule has 1 saturated heterocycles. The lowest BCUT2D eigenvalue weighted by Gasteiger charge is -2.44. The third kappa shape index (κ3) is 5.13. The molecular formula is C21H27NO5. The summed E-state index contributed by atoms with van der Waals surface area (Å²) in [6, 6.07) is 19.4. The van der Waals surface area contributed by atoms with E-state index in [1.807, 2.05) is 67.6 Å². The Hall–Kier alpha value is -1.80. The maximum atomic E-state index is 10.9. The van der Waals surface area contributed by atoms with E-state index >= 15 is 0 Å². The molecule has 1 aliphatic rings. The van der Waals surface area contributed by atoms with Crippen molar-refractivity contribution < 1.29 is 24.5 Å². The normalized spacial score (nSPS) is 28.4. The molecule has 0 radical (unpaired) electrons. The van der Waals surface area contributed by atoms with Gasteiger partial charge in [-0.2, -0.15) is 5.06 Å². The molecule has 1 heterocycles. The first-order valence-electron chi connectivity index (χ1n) is 9.12. The Morgan fingerprint density at radius 3 is 1.85 bits per heavy atom. The van der Waals surface area contributed by atoms with Crippen molar-refractivity contribution in [3.63, 3.8) is 0 Å². The van der Waals surface area contributed by atoms with Crippen LogP contribution >= 0.6 is 0 Å². The Labute approximate surface area is 159 Å². The smallest absolute Gasteiger partial charge is 0.161 e. The van der Waals surface area contributed by atoms with Crippen LogP contribution in [0.3, 0.4) is 0 Å². The number of hydroxylamine groups is 2. The van der Waals surface area contributed by atoms with E-state index in [0.717, 1.165) is 16.2 Å². The van der Waals surface area contributed by atoms with Crippen LogP contribution in [-0.2, 0) is 27.4 Å². The summed E-state index contributed by atoms with van der Waals surface area (Å²) in [6.07, 6.45) is -3.45. The zero-order valence-electron chi connectivity index (χ0n) is 15.6. The number of benzene rings is 2. The third-order valence-corrected chi connectivity index (χ3v) is 4.71. The second kappa shape index (κ2) is 9.41. The minimum Gasteiger partial charge on any atom is -0.387 e. The molecule has 2 N–H and O–H groups in total. The molecular weight excluding hydrogens is 346 g/mol. The lowest BCUT2D eigenvalue weighted by molar-refractivity contribution is -0.321. The summed E-state index contributed by atoms with van der Waals surface area (Å²) in [5, 5.41) is 21.8. The molecule has 6 heteroatoms. The monoisotopic (exact) mass is 373 g/mol. The summed E-state index contributed by atoms with van der Waals surface area (Å²) in [7, 11) is 1.48. The van der Waals surface area contributed by atoms with Crippen LogP contribution in [0.4, 0.5) is 0 Å². The van der Waals surface area contributed by atoms with Gasteiger partial charge in [0.1, 0.15) is 18.3 Å². The predicted molar refractivity (Wildman–Crippen MR) is 99.9 cm³/mol. The van der Waals surface area contributed by atoms with E-state index in [2.05, 4.69) is 0 Å². The van der Waals surface area contributed by atoms with Crippen LogP contribution in [0.5, 0.6) is 0 Å². The molecule has 1 fully saturated rings. The molecule has 0 aliphatic carbocycles. The fraction of sp³-hybridized carbons (Fsp3) is 0.429. The SMILES string of the molecule is CC1OC(N(C)O)C(OCc2ccccc2)C(O)C1OCc1ccccc1. The minimum atomic E-state index is -0.944. The first-order chi connectivity index (χ1) is 13.1. The second-order valence-electron chi connectivity index (χ2n) is 6.82. The third-order valence-electron chi connectivity index (χ3n) is 4.71. The van der Waals surface area contributed by atoms with Gasteiger partial charge in [-0.3, -0.25) is 0 Å². The van der Waals surface area contributed by atoms with Crippen LogP contribution in [0.15, 0.2) is 60.7 Å². The number of aliphatic hydroxyl groups is 1. The van der Waals surface area contributed by atoms with Gasteiger partial charge >= 0.3 is 0 Å². The zero-order valence-corrected chi connectivity index (χ0v) is 15.6. The predicted octanol–water partition coefficient (Wildman–Crippen LogP) is 2.58. The lowest BCUT2D eigenvalue weighted by atomic mass is 9.98. The van der Waals surface area contributed by atoms with Crippen LogP contribution in [0.25, 0.3) is 0 Å². The highest BCUT2D eigenvalue weighted by Gasteiger charge is 2.46. The van der Waals surface area contributed by atoms with Crippen molar-refractivity contribution >= 4 is 0 Å². The summed E-state index contributed by atoms with van der Waals surface area (Å²) >= 11 is 0. The molecule has 2 aromatic rings. The van der Waals surface area contributed by atoms with E-state index < -0.39 is 30.6 Å². The number of hydrogen-bond acceptors (Lipinski definition) is 6. The molecule has 146 valence electrons. The van der Waals surface area contributed by atoms with Gasteiger partial charge in [0, 0.05) is 7.05 Å². The fourth-order valence-corrected chi connectivity index (χ4v) is 3.26. The first kappa shape index (κ1) is 19.9. The summed E-state index contributed by atoms with van der Waals surface area (Å²) < 4.78 is 17.8. The Kier molecular flexibility index (Phi) is 6.95. The van der Waals surface area contributed by atoms with Crippen LogP contribution < -0.4 is 0 Å². The van der Waals surface area contributed by atoms with Crippen molar-refractivity contribution in [2.24, 2.45) is 0 Å². The molecule has 0 saturated carbocycles. The molecule has 5 atom stereocenters. The van der Waals surface area contributed by atoms with Gasteiger partial charge in [-0.25, -0.2) is 0 Å². The van der Waals surface area contributed by atoms with E-state index in [1.54, 1.807) is 0 Å². The number of hydrogen-bond donors (Lipinski definition) is 2. The molecule has 5 unspecified atom stereocenters. The van der Waals surface area contributed by atoms with Gasteiger partial charge < -0.3 is 24.5 Å². The molecule has 27 heavy (non-hydrogen) atoms. The van der Waals surface area contributed by atoms with E-state index in [-0.39, 0.29) is 0 Å². The van der Waals surface area contributed by atoms with Crippen LogP contribution in [-0.4, -0.2) is 53.1 Å². The van der Waals surface area contributed by atoms with Crippen molar-refractivity contribution in [3.05, 3.63) is 71.8 Å². The van der Waals surface area contributed by atoms with Gasteiger partial charge in [0.15, 0.2) is 6.23 Å². The van der Waals surface area contributed by atoms with Crippen molar-refractivity contribution in [3.8, 4) is 0 Å². The number of aliphatic hydroxyl groups excluding tert-OH is 1. The van der Waals surface area contributed by atoms with Gasteiger partial charge in [0.05, 0.1) is 19.3 Å². The lowest BCUT2D eigenvalue weighted by Crippen LogP contribution is -2.62. The van der Waals surface area contributed by atoms with Crippen LogP contribution in [0.1, 0.15) is 18.1 Å². The number of ether oxygens (including phenoxy) is 3. The second-order valence-corrected chi connectivity index (χ2v) is 6.82. The Morgan fingerprint density at radius 2 is 1.37 bits per heavy atom. The fourth-order valence-electron chi connectivity index (χ4n) is 3.26. The highest BCUT2D eigenvalue weighted by Crippen LogP contribution is 2.28. The van der Waals surface area contributed by atoms with Gasteiger partial charge in [-0.1, -0.05) is 60.7 Å². The Morgan fingerprint density at radius 1 is 0.889 bits per heavy atom. The van der Waals surface area contributed by atoms with Gasteiger partial charge in [0.2, 0.25) is 0 Å². The maximum Gasteiger partial charge on any atom is 0.161 e. The zero-order chi connectivity index (χ0) is 19.2. The van der Waals surface area contributed by atoms with E-state index in [1.165, 1.54) is 7.05 Å². The van der Waals surface area contributed by atoms with Crippen LogP contribution in [0, 0.1) is 0 Å². The maximum absolute atomic E-state index is 10.9. The molecule has 0 aromatic heterocycles. The minimum absolute atomic E-state index is 0.302. The molecule has 0 amide bonds. The van der Waals surface area contributed by atoms with Gasteiger partial charge in [-0.05, 0) is 18.1 Å². The summed E-state index contributed by atoms with van der Waals surface area (Å²) in [4.78, 5) is 0. The van der Waals surface area contributed by atoms with Gasteiger partial charge in [-0.15, -0.1) is 0 Å². The van der Waals surface area contributed by atoms with E-state index in [9.17, 15) is 10.3 Å². The highest BCUT2D eigenvalue weighted by atomic mass is 16.6. The van der Waals surface area contributed by atoms with E-state index in [4.69, 9.17) is 14.2 Å². The summed E-state index contributed by atoms with van der Waals surface area (Å²) in [5.74, 6) is 0. The number of rotatable bonds is 7. The van der Waals surface area contributed by atoms with Gasteiger partial charge in [0.25, 0.3) is 0 Å². The topological polar surface area (TPSA) is 71.4 Å².